The first kappa shape index (κ1) is 14.4. The fourth-order valence-corrected chi connectivity index (χ4v) is 1.77. The van der Waals surface area contributed by atoms with Crippen LogP contribution in [0.25, 0.3) is 0 Å². The molecular formula is C14H14N4O3. The van der Waals surface area contributed by atoms with Crippen LogP contribution in [-0.2, 0) is 0 Å². The van der Waals surface area contributed by atoms with E-state index in [-0.39, 0.29) is 5.69 Å². The van der Waals surface area contributed by atoms with Crippen LogP contribution in [0.5, 0.6) is 11.5 Å². The van der Waals surface area contributed by atoms with Gasteiger partial charge in [-0.1, -0.05) is 0 Å². The lowest BCUT2D eigenvalue weighted by Crippen LogP contribution is -1.97. The minimum Gasteiger partial charge on any atom is -0.457 e. The third kappa shape index (κ3) is 3.53. The van der Waals surface area contributed by atoms with Crippen molar-refractivity contribution in [2.24, 2.45) is 4.99 Å². The molecule has 0 aliphatic rings. The maximum Gasteiger partial charge on any atom is 0.296 e. The summed E-state index contributed by atoms with van der Waals surface area (Å²) in [7, 11) is 3.27. The smallest absolute Gasteiger partial charge is 0.296 e. The average molecular weight is 286 g/mol. The van der Waals surface area contributed by atoms with Crippen molar-refractivity contribution in [1.29, 1.82) is 0 Å². The van der Waals surface area contributed by atoms with Crippen molar-refractivity contribution in [3.05, 3.63) is 52.3 Å². The lowest BCUT2D eigenvalue weighted by Gasteiger charge is -2.08. The largest absolute Gasteiger partial charge is 0.457 e. The van der Waals surface area contributed by atoms with E-state index >= 15 is 0 Å². The van der Waals surface area contributed by atoms with Crippen LogP contribution in [0, 0.1) is 10.1 Å². The van der Waals surface area contributed by atoms with Crippen molar-refractivity contribution in [3.8, 4) is 11.5 Å². The highest BCUT2D eigenvalue weighted by Gasteiger charge is 2.14. The number of ether oxygens (including phenoxy) is 1. The second-order valence-electron chi connectivity index (χ2n) is 4.09. The van der Waals surface area contributed by atoms with E-state index in [1.807, 2.05) is 0 Å². The van der Waals surface area contributed by atoms with E-state index in [0.29, 0.717) is 22.9 Å². The van der Waals surface area contributed by atoms with Gasteiger partial charge in [-0.25, -0.2) is 0 Å². The molecule has 0 unspecified atom stereocenters. The highest BCUT2D eigenvalue weighted by atomic mass is 16.6. The number of aromatic nitrogens is 1. The van der Waals surface area contributed by atoms with Gasteiger partial charge in [0, 0.05) is 32.6 Å². The van der Waals surface area contributed by atoms with Crippen LogP contribution in [0.4, 0.5) is 11.4 Å². The molecule has 0 saturated heterocycles. The molecule has 0 atom stereocenters. The number of nitrogens with zero attached hydrogens (tertiary/aromatic N) is 3. The van der Waals surface area contributed by atoms with Crippen LogP contribution in [0.15, 0.2) is 41.5 Å². The SMILES string of the molecule is CN=Cc1cc(Oc2ccc(NC)c([N+](=O)[O-])c2)ccn1. The first-order valence-corrected chi connectivity index (χ1v) is 6.16. The van der Waals surface area contributed by atoms with E-state index in [0.717, 1.165) is 0 Å². The summed E-state index contributed by atoms with van der Waals surface area (Å²) in [6.07, 6.45) is 3.18. The first-order valence-electron chi connectivity index (χ1n) is 6.16. The lowest BCUT2D eigenvalue weighted by molar-refractivity contribution is -0.384. The minimum atomic E-state index is -0.458. The van der Waals surface area contributed by atoms with Crippen molar-refractivity contribution in [3.63, 3.8) is 0 Å². The molecule has 1 aromatic heterocycles. The van der Waals surface area contributed by atoms with Crippen LogP contribution < -0.4 is 10.1 Å². The first-order chi connectivity index (χ1) is 10.1. The summed E-state index contributed by atoms with van der Waals surface area (Å²) in [4.78, 5) is 18.5. The Morgan fingerprint density at radius 3 is 2.76 bits per heavy atom. The molecule has 0 spiro atoms. The summed E-state index contributed by atoms with van der Waals surface area (Å²) in [6.45, 7) is 0. The summed E-state index contributed by atoms with van der Waals surface area (Å²) in [5.74, 6) is 0.915. The number of aliphatic imine (C=N–C) groups is 1. The summed E-state index contributed by atoms with van der Waals surface area (Å²) >= 11 is 0. The molecule has 0 saturated carbocycles. The number of anilines is 1. The lowest BCUT2D eigenvalue weighted by atomic mass is 10.2. The Morgan fingerprint density at radius 2 is 2.10 bits per heavy atom. The van der Waals surface area contributed by atoms with Gasteiger partial charge in [-0.15, -0.1) is 0 Å². The van der Waals surface area contributed by atoms with Gasteiger partial charge >= 0.3 is 0 Å². The highest BCUT2D eigenvalue weighted by molar-refractivity contribution is 5.77. The molecule has 0 bridgehead atoms. The Labute approximate surface area is 121 Å². The van der Waals surface area contributed by atoms with E-state index in [9.17, 15) is 10.1 Å². The zero-order valence-electron chi connectivity index (χ0n) is 11.6. The van der Waals surface area contributed by atoms with Crippen LogP contribution in [-0.4, -0.2) is 30.2 Å². The molecular weight excluding hydrogens is 272 g/mol. The van der Waals surface area contributed by atoms with Crippen LogP contribution in [0.1, 0.15) is 5.69 Å². The average Bonchev–Trinajstić information content (AvgIpc) is 2.48. The summed E-state index contributed by atoms with van der Waals surface area (Å²) in [5, 5.41) is 13.8. The highest BCUT2D eigenvalue weighted by Crippen LogP contribution is 2.31. The van der Waals surface area contributed by atoms with Gasteiger partial charge in [0.25, 0.3) is 5.69 Å². The van der Waals surface area contributed by atoms with Gasteiger partial charge in [0.2, 0.25) is 0 Å². The maximum absolute atomic E-state index is 11.0. The fraction of sp³-hybridized carbons (Fsp3) is 0.143. The van der Waals surface area contributed by atoms with Gasteiger partial charge in [-0.2, -0.15) is 0 Å². The van der Waals surface area contributed by atoms with Gasteiger partial charge < -0.3 is 10.1 Å². The Morgan fingerprint density at radius 1 is 1.33 bits per heavy atom. The Kier molecular flexibility index (Phi) is 4.45. The monoisotopic (exact) mass is 286 g/mol. The number of hydrogen-bond acceptors (Lipinski definition) is 6. The number of hydrogen-bond donors (Lipinski definition) is 1. The Bertz CT molecular complexity index is 686. The number of rotatable bonds is 5. The zero-order chi connectivity index (χ0) is 15.2. The molecule has 21 heavy (non-hydrogen) atoms. The van der Waals surface area contributed by atoms with Gasteiger partial charge in [-0.3, -0.25) is 20.1 Å². The molecule has 1 heterocycles. The van der Waals surface area contributed by atoms with Crippen molar-refractivity contribution < 1.29 is 9.66 Å². The topological polar surface area (TPSA) is 89.6 Å². The number of nitro groups is 1. The molecule has 0 aliphatic carbocycles. The predicted molar refractivity (Wildman–Crippen MR) is 80.5 cm³/mol. The zero-order valence-corrected chi connectivity index (χ0v) is 11.6. The van der Waals surface area contributed by atoms with E-state index in [4.69, 9.17) is 4.74 Å². The molecule has 1 aromatic carbocycles. The molecule has 7 heteroatoms. The molecule has 7 nitrogen and oxygen atoms in total. The molecule has 0 fully saturated rings. The molecule has 2 aromatic rings. The van der Waals surface area contributed by atoms with E-state index in [2.05, 4.69) is 15.3 Å². The molecule has 0 radical (unpaired) electrons. The number of benzene rings is 1. The summed E-state index contributed by atoms with van der Waals surface area (Å²) in [6, 6.07) is 8.01. The number of pyridine rings is 1. The van der Waals surface area contributed by atoms with Gasteiger partial charge in [0.15, 0.2) is 0 Å². The third-order valence-electron chi connectivity index (χ3n) is 2.68. The number of nitrogens with one attached hydrogen (secondary N) is 1. The van der Waals surface area contributed by atoms with Crippen molar-refractivity contribution in [1.82, 2.24) is 4.98 Å². The second-order valence-corrected chi connectivity index (χ2v) is 4.09. The van der Waals surface area contributed by atoms with Gasteiger partial charge in [0.1, 0.15) is 17.2 Å². The van der Waals surface area contributed by atoms with Gasteiger partial charge in [-0.05, 0) is 18.2 Å². The van der Waals surface area contributed by atoms with Gasteiger partial charge in [0.05, 0.1) is 16.7 Å². The van der Waals surface area contributed by atoms with E-state index in [1.165, 1.54) is 6.07 Å². The fourth-order valence-electron chi connectivity index (χ4n) is 1.77. The summed E-state index contributed by atoms with van der Waals surface area (Å²) < 4.78 is 5.62. The van der Waals surface area contributed by atoms with Crippen LogP contribution in [0.2, 0.25) is 0 Å². The van der Waals surface area contributed by atoms with Crippen LogP contribution >= 0.6 is 0 Å². The second kappa shape index (κ2) is 6.47. The third-order valence-corrected chi connectivity index (χ3v) is 2.68. The standard InChI is InChI=1S/C14H14N4O3/c1-15-9-10-7-12(5-6-17-10)21-11-3-4-13(16-2)14(8-11)18(19)20/h3-9,16H,1-2H3. The number of nitro benzene ring substituents is 1. The predicted octanol–water partition coefficient (Wildman–Crippen LogP) is 2.87. The van der Waals surface area contributed by atoms with E-state index in [1.54, 1.807) is 50.8 Å². The molecule has 108 valence electrons. The maximum atomic E-state index is 11.0. The molecule has 1 N–H and O–H groups in total. The molecule has 0 amide bonds. The van der Waals surface area contributed by atoms with Crippen LogP contribution in [0.3, 0.4) is 0 Å². The Hall–Kier alpha value is -2.96. The molecule has 0 aliphatic heterocycles. The Balaban J connectivity index is 2.29. The molecule has 2 rings (SSSR count). The summed E-state index contributed by atoms with van der Waals surface area (Å²) in [5.41, 5.74) is 1.04. The van der Waals surface area contributed by atoms with Crippen molar-refractivity contribution in [2.75, 3.05) is 19.4 Å². The van der Waals surface area contributed by atoms with Crippen molar-refractivity contribution >= 4 is 17.6 Å². The quantitative estimate of drug-likeness (QED) is 0.518. The minimum absolute atomic E-state index is 0.0422. The van der Waals surface area contributed by atoms with Crippen molar-refractivity contribution in [2.45, 2.75) is 0 Å². The van der Waals surface area contributed by atoms with E-state index < -0.39 is 4.92 Å². The normalized spacial score (nSPS) is 10.6.